The molecule has 0 aromatic rings. The van der Waals surface area contributed by atoms with E-state index in [4.69, 9.17) is 14.4 Å². The highest BCUT2D eigenvalue weighted by Crippen LogP contribution is 1.90. The first-order valence-corrected chi connectivity index (χ1v) is 3.78. The van der Waals surface area contributed by atoms with Gasteiger partial charge in [-0.05, 0) is 0 Å². The van der Waals surface area contributed by atoms with Crippen molar-refractivity contribution >= 4 is 8.80 Å². The van der Waals surface area contributed by atoms with E-state index in [2.05, 4.69) is 0 Å². The van der Waals surface area contributed by atoms with E-state index >= 15 is 0 Å². The molecule has 0 atom stereocenters. The molecule has 0 aromatic carbocycles. The van der Waals surface area contributed by atoms with Gasteiger partial charge in [0, 0.05) is 6.04 Å². The van der Waals surface area contributed by atoms with Crippen LogP contribution in [0.1, 0.15) is 14.4 Å². The minimum atomic E-state index is -3.63. The van der Waals surface area contributed by atoms with Crippen LogP contribution in [0.4, 0.5) is 0 Å². The van der Waals surface area contributed by atoms with Crippen LogP contribution in [-0.4, -0.2) is 23.2 Å². The molecule has 0 aliphatic rings. The van der Waals surface area contributed by atoms with E-state index in [9.17, 15) is 0 Å². The zero-order chi connectivity index (χ0) is 5.21. The minimum Gasteiger partial charge on any atom is -0.390 e. The van der Waals surface area contributed by atoms with E-state index in [1.54, 1.807) is 0 Å². The highest BCUT2D eigenvalue weighted by Gasteiger charge is 2.21. The molecule has 7 heavy (non-hydrogen) atoms. The molecule has 0 amide bonds. The minimum absolute atomic E-state index is 0. The van der Waals surface area contributed by atoms with Crippen LogP contribution < -0.4 is 0 Å². The van der Waals surface area contributed by atoms with Crippen LogP contribution in [0, 0.1) is 0 Å². The third-order valence-electron chi connectivity index (χ3n) is 0.474. The molecular formula is C3H12O3Si. The smallest absolute Gasteiger partial charge is 0.390 e. The molecule has 3 nitrogen and oxygen atoms in total. The van der Waals surface area contributed by atoms with Crippen LogP contribution >= 0.6 is 0 Å². The maximum absolute atomic E-state index is 8.08. The van der Waals surface area contributed by atoms with Crippen LogP contribution in [0.15, 0.2) is 0 Å². The molecular weight excluding hydrogens is 112 g/mol. The zero-order valence-corrected chi connectivity index (χ0v) is 4.55. The molecule has 0 radical (unpaired) electrons. The second-order valence-electron chi connectivity index (χ2n) is 1.13. The quantitative estimate of drug-likeness (QED) is 0.415. The fourth-order valence-corrected chi connectivity index (χ4v) is 0. The van der Waals surface area contributed by atoms with Gasteiger partial charge in [0.25, 0.3) is 0 Å². The molecule has 0 aliphatic carbocycles. The van der Waals surface area contributed by atoms with Gasteiger partial charge in [-0.2, -0.15) is 0 Å². The second kappa shape index (κ2) is 3.14. The summed E-state index contributed by atoms with van der Waals surface area (Å²) in [6.45, 7) is 1.52. The molecule has 0 fully saturated rings. The van der Waals surface area contributed by atoms with Gasteiger partial charge >= 0.3 is 8.80 Å². The van der Waals surface area contributed by atoms with Crippen molar-refractivity contribution in [2.45, 2.75) is 20.4 Å². The molecule has 0 unspecified atom stereocenters. The van der Waals surface area contributed by atoms with Crippen LogP contribution in [-0.2, 0) is 0 Å². The number of hydrogen-bond acceptors (Lipinski definition) is 3. The van der Waals surface area contributed by atoms with Crippen LogP contribution in [0.2, 0.25) is 6.04 Å². The van der Waals surface area contributed by atoms with Gasteiger partial charge in [0.05, 0.1) is 0 Å². The van der Waals surface area contributed by atoms with E-state index in [1.807, 2.05) is 0 Å². The topological polar surface area (TPSA) is 60.7 Å². The molecule has 0 bridgehead atoms. The van der Waals surface area contributed by atoms with Gasteiger partial charge in [0.1, 0.15) is 0 Å². The Morgan fingerprint density at radius 1 is 1.29 bits per heavy atom. The first-order chi connectivity index (χ1) is 2.56. The van der Waals surface area contributed by atoms with Crippen molar-refractivity contribution < 1.29 is 14.4 Å². The van der Waals surface area contributed by atoms with Gasteiger partial charge in [0.2, 0.25) is 0 Å². The van der Waals surface area contributed by atoms with Crippen LogP contribution in [0.3, 0.4) is 0 Å². The Morgan fingerprint density at radius 2 is 1.43 bits per heavy atom. The summed E-state index contributed by atoms with van der Waals surface area (Å²) in [5.74, 6) is 0. The molecule has 0 heterocycles. The Bertz CT molecular complexity index is 39.9. The summed E-state index contributed by atoms with van der Waals surface area (Å²) in [4.78, 5) is 24.2. The summed E-state index contributed by atoms with van der Waals surface area (Å²) < 4.78 is 0. The zero-order valence-electron chi connectivity index (χ0n) is 3.55. The predicted molar refractivity (Wildman–Crippen MR) is 29.6 cm³/mol. The molecule has 4 heteroatoms. The maximum atomic E-state index is 8.08. The first kappa shape index (κ1) is 10.2. The van der Waals surface area contributed by atoms with Gasteiger partial charge < -0.3 is 14.4 Å². The summed E-state index contributed by atoms with van der Waals surface area (Å²) in [5, 5.41) is 0. The van der Waals surface area contributed by atoms with Gasteiger partial charge in [-0.25, -0.2) is 0 Å². The lowest BCUT2D eigenvalue weighted by Gasteiger charge is -2.01. The van der Waals surface area contributed by atoms with E-state index < -0.39 is 8.80 Å². The SMILES string of the molecule is C.CC[Si](O)(O)O. The average molecular weight is 124 g/mol. The van der Waals surface area contributed by atoms with Crippen LogP contribution in [0.5, 0.6) is 0 Å². The molecule has 0 saturated heterocycles. The second-order valence-corrected chi connectivity index (χ2v) is 3.38. The lowest BCUT2D eigenvalue weighted by molar-refractivity contribution is 0.230. The average Bonchev–Trinajstić information content (AvgIpc) is 1.35. The molecule has 46 valence electrons. The molecule has 0 spiro atoms. The third kappa shape index (κ3) is 10.7. The van der Waals surface area contributed by atoms with Gasteiger partial charge in [-0.1, -0.05) is 14.4 Å². The van der Waals surface area contributed by atoms with E-state index in [-0.39, 0.29) is 13.5 Å². The summed E-state index contributed by atoms with van der Waals surface area (Å²) in [5.41, 5.74) is 0. The van der Waals surface area contributed by atoms with E-state index in [0.29, 0.717) is 0 Å². The third-order valence-corrected chi connectivity index (χ3v) is 1.42. The molecule has 0 saturated carbocycles. The summed E-state index contributed by atoms with van der Waals surface area (Å²) in [6.07, 6.45) is 0. The summed E-state index contributed by atoms with van der Waals surface area (Å²) >= 11 is 0. The Labute approximate surface area is 44.6 Å². The van der Waals surface area contributed by atoms with Crippen molar-refractivity contribution in [1.82, 2.24) is 0 Å². The van der Waals surface area contributed by atoms with Crippen molar-refractivity contribution in [3.8, 4) is 0 Å². The van der Waals surface area contributed by atoms with E-state index in [1.165, 1.54) is 6.92 Å². The van der Waals surface area contributed by atoms with Crippen molar-refractivity contribution in [2.24, 2.45) is 0 Å². The van der Waals surface area contributed by atoms with Gasteiger partial charge in [0.15, 0.2) is 0 Å². The van der Waals surface area contributed by atoms with Crippen molar-refractivity contribution in [3.05, 3.63) is 0 Å². The lowest BCUT2D eigenvalue weighted by Crippen LogP contribution is -2.32. The van der Waals surface area contributed by atoms with Gasteiger partial charge in [-0.3, -0.25) is 0 Å². The fraction of sp³-hybridized carbons (Fsp3) is 1.00. The Balaban J connectivity index is 0. The summed E-state index contributed by atoms with van der Waals surface area (Å²) in [6, 6.07) is 0.0764. The fourth-order valence-electron chi connectivity index (χ4n) is 0. The van der Waals surface area contributed by atoms with E-state index in [0.717, 1.165) is 0 Å². The Hall–Kier alpha value is 0.0969. The normalized spacial score (nSPS) is 10.3. The Kier molecular flexibility index (Phi) is 4.56. The van der Waals surface area contributed by atoms with Crippen molar-refractivity contribution in [2.75, 3.05) is 0 Å². The number of hydrogen-bond donors (Lipinski definition) is 3. The van der Waals surface area contributed by atoms with Crippen LogP contribution in [0.25, 0.3) is 0 Å². The molecule has 0 rings (SSSR count). The Morgan fingerprint density at radius 3 is 1.43 bits per heavy atom. The molecule has 0 aromatic heterocycles. The molecule has 0 aliphatic heterocycles. The highest BCUT2D eigenvalue weighted by molar-refractivity contribution is 6.55. The summed E-state index contributed by atoms with van der Waals surface area (Å²) in [7, 11) is -3.63. The maximum Gasteiger partial charge on any atom is 0.492 e. The van der Waals surface area contributed by atoms with Crippen molar-refractivity contribution in [3.63, 3.8) is 0 Å². The lowest BCUT2D eigenvalue weighted by atomic mass is 11.0. The monoisotopic (exact) mass is 124 g/mol. The van der Waals surface area contributed by atoms with Gasteiger partial charge in [-0.15, -0.1) is 0 Å². The number of rotatable bonds is 1. The molecule has 3 N–H and O–H groups in total. The predicted octanol–water partition coefficient (Wildman–Crippen LogP) is -0.442. The largest absolute Gasteiger partial charge is 0.492 e. The highest BCUT2D eigenvalue weighted by atomic mass is 28.4. The van der Waals surface area contributed by atoms with Crippen molar-refractivity contribution in [1.29, 1.82) is 0 Å². The standard InChI is InChI=1S/C2H8O3Si.CH4/c1-2-6(3,4)5;/h3-5H,2H2,1H3;1H4. The first-order valence-electron chi connectivity index (χ1n) is 1.73.